The van der Waals surface area contributed by atoms with Gasteiger partial charge in [0.15, 0.2) is 0 Å². The average molecular weight is 397 g/mol. The molecule has 2 aromatic carbocycles. The first-order valence-corrected chi connectivity index (χ1v) is 10.1. The fourth-order valence-electron chi connectivity index (χ4n) is 3.68. The quantitative estimate of drug-likeness (QED) is 0.755. The van der Waals surface area contributed by atoms with E-state index < -0.39 is 0 Å². The number of carbonyl (C=O) groups excluding carboxylic acids is 2. The van der Waals surface area contributed by atoms with Crippen LogP contribution in [-0.4, -0.2) is 29.9 Å². The summed E-state index contributed by atoms with van der Waals surface area (Å²) in [4.78, 5) is 26.4. The van der Waals surface area contributed by atoms with Gasteiger partial charge in [0.2, 0.25) is 5.91 Å². The van der Waals surface area contributed by atoms with Crippen LogP contribution in [0.3, 0.4) is 0 Å². The standard InChI is InChI=1S/C23H28FN3O2/c1-17-6-2-3-8-19(17)15-25-22(28)12-11-18-7-5-13-27(16-18)23(29)26-21-10-4-9-20(24)14-21/h2-4,6,8-10,14,18H,5,7,11-13,15-16H2,1H3,(H,25,28)(H,26,29). The Bertz CT molecular complexity index is 856. The highest BCUT2D eigenvalue weighted by molar-refractivity contribution is 5.89. The fourth-order valence-corrected chi connectivity index (χ4v) is 3.68. The molecule has 2 N–H and O–H groups in total. The van der Waals surface area contributed by atoms with Crippen molar-refractivity contribution in [3.63, 3.8) is 0 Å². The maximum atomic E-state index is 13.3. The van der Waals surface area contributed by atoms with E-state index in [2.05, 4.69) is 10.6 Å². The molecule has 0 aromatic heterocycles. The van der Waals surface area contributed by atoms with Crippen LogP contribution in [0.2, 0.25) is 0 Å². The predicted octanol–water partition coefficient (Wildman–Crippen LogP) is 4.47. The summed E-state index contributed by atoms with van der Waals surface area (Å²) in [5, 5.41) is 5.73. The molecular formula is C23H28FN3O2. The van der Waals surface area contributed by atoms with Crippen LogP contribution in [0.4, 0.5) is 14.9 Å². The molecule has 3 amide bonds. The number of nitrogens with zero attached hydrogens (tertiary/aromatic N) is 1. The Hall–Kier alpha value is -2.89. The Morgan fingerprint density at radius 3 is 2.79 bits per heavy atom. The highest BCUT2D eigenvalue weighted by atomic mass is 19.1. The van der Waals surface area contributed by atoms with Crippen molar-refractivity contribution in [3.8, 4) is 0 Å². The smallest absolute Gasteiger partial charge is 0.321 e. The lowest BCUT2D eigenvalue weighted by atomic mass is 9.93. The molecule has 5 nitrogen and oxygen atoms in total. The van der Waals surface area contributed by atoms with Crippen molar-refractivity contribution >= 4 is 17.6 Å². The second-order valence-electron chi connectivity index (χ2n) is 7.64. The number of nitrogens with one attached hydrogen (secondary N) is 2. The first-order chi connectivity index (χ1) is 14.0. The summed E-state index contributed by atoms with van der Waals surface area (Å²) >= 11 is 0. The Kier molecular flexibility index (Phi) is 7.22. The molecule has 6 heteroatoms. The topological polar surface area (TPSA) is 61.4 Å². The maximum Gasteiger partial charge on any atom is 0.321 e. The lowest BCUT2D eigenvalue weighted by Crippen LogP contribution is -2.42. The lowest BCUT2D eigenvalue weighted by molar-refractivity contribution is -0.121. The van der Waals surface area contributed by atoms with Gasteiger partial charge in [-0.15, -0.1) is 0 Å². The van der Waals surface area contributed by atoms with Crippen molar-refractivity contribution in [3.05, 3.63) is 65.5 Å². The molecule has 2 aromatic rings. The average Bonchev–Trinajstić information content (AvgIpc) is 2.72. The number of amides is 3. The van der Waals surface area contributed by atoms with Crippen molar-refractivity contribution in [1.29, 1.82) is 0 Å². The SMILES string of the molecule is Cc1ccccc1CNC(=O)CCC1CCCN(C(=O)Nc2cccc(F)c2)C1. The van der Waals surface area contributed by atoms with Gasteiger partial charge < -0.3 is 15.5 Å². The molecule has 1 aliphatic rings. The number of hydrogen-bond donors (Lipinski definition) is 2. The first kappa shape index (κ1) is 20.8. The van der Waals surface area contributed by atoms with Crippen molar-refractivity contribution in [2.75, 3.05) is 18.4 Å². The van der Waals surface area contributed by atoms with Crippen LogP contribution in [0.1, 0.15) is 36.8 Å². The number of rotatable bonds is 6. The van der Waals surface area contributed by atoms with Crippen LogP contribution in [0, 0.1) is 18.7 Å². The van der Waals surface area contributed by atoms with Crippen LogP contribution in [-0.2, 0) is 11.3 Å². The third kappa shape index (κ3) is 6.31. The van der Waals surface area contributed by atoms with E-state index in [4.69, 9.17) is 0 Å². The normalized spacial score (nSPS) is 16.3. The minimum absolute atomic E-state index is 0.0367. The van der Waals surface area contributed by atoms with Gasteiger partial charge in [0.1, 0.15) is 5.82 Å². The number of carbonyl (C=O) groups is 2. The van der Waals surface area contributed by atoms with Gasteiger partial charge in [-0.05, 0) is 61.4 Å². The third-order valence-electron chi connectivity index (χ3n) is 5.40. The molecule has 0 bridgehead atoms. The van der Waals surface area contributed by atoms with Crippen molar-refractivity contribution in [2.24, 2.45) is 5.92 Å². The number of urea groups is 1. The van der Waals surface area contributed by atoms with Crippen LogP contribution in [0.15, 0.2) is 48.5 Å². The van der Waals surface area contributed by atoms with Gasteiger partial charge in [0.25, 0.3) is 0 Å². The Labute approximate surface area is 171 Å². The molecule has 1 saturated heterocycles. The summed E-state index contributed by atoms with van der Waals surface area (Å²) in [7, 11) is 0. The number of anilines is 1. The largest absolute Gasteiger partial charge is 0.352 e. The highest BCUT2D eigenvalue weighted by Gasteiger charge is 2.24. The van der Waals surface area contributed by atoms with E-state index >= 15 is 0 Å². The minimum Gasteiger partial charge on any atom is -0.352 e. The van der Waals surface area contributed by atoms with Crippen molar-refractivity contribution in [2.45, 2.75) is 39.2 Å². The zero-order valence-electron chi connectivity index (χ0n) is 16.8. The summed E-state index contributed by atoms with van der Waals surface area (Å²) in [6, 6.07) is 13.7. The monoisotopic (exact) mass is 397 g/mol. The van der Waals surface area contributed by atoms with Crippen LogP contribution >= 0.6 is 0 Å². The van der Waals surface area contributed by atoms with Crippen LogP contribution in [0.25, 0.3) is 0 Å². The summed E-state index contributed by atoms with van der Waals surface area (Å²) in [6.07, 6.45) is 3.13. The van der Waals surface area contributed by atoms with E-state index in [0.29, 0.717) is 37.7 Å². The minimum atomic E-state index is -0.379. The molecule has 3 rings (SSSR count). The van der Waals surface area contributed by atoms with Crippen LogP contribution in [0.5, 0.6) is 0 Å². The number of halogens is 1. The van der Waals surface area contributed by atoms with E-state index in [1.54, 1.807) is 17.0 Å². The van der Waals surface area contributed by atoms with Gasteiger partial charge in [-0.2, -0.15) is 0 Å². The van der Waals surface area contributed by atoms with Gasteiger partial charge in [-0.25, -0.2) is 9.18 Å². The molecule has 0 saturated carbocycles. The number of piperidine rings is 1. The van der Waals surface area contributed by atoms with E-state index in [1.165, 1.54) is 17.7 Å². The zero-order chi connectivity index (χ0) is 20.6. The summed E-state index contributed by atoms with van der Waals surface area (Å²) in [6.45, 7) is 3.87. The van der Waals surface area contributed by atoms with Gasteiger partial charge in [-0.3, -0.25) is 4.79 Å². The zero-order valence-corrected chi connectivity index (χ0v) is 16.8. The second kappa shape index (κ2) is 10.0. The molecule has 0 aliphatic carbocycles. The second-order valence-corrected chi connectivity index (χ2v) is 7.64. The first-order valence-electron chi connectivity index (χ1n) is 10.1. The third-order valence-corrected chi connectivity index (χ3v) is 5.40. The fraction of sp³-hybridized carbons (Fsp3) is 0.391. The molecule has 154 valence electrons. The number of likely N-dealkylation sites (tertiary alicyclic amines) is 1. The van der Waals surface area contributed by atoms with Crippen molar-refractivity contribution in [1.82, 2.24) is 10.2 Å². The molecule has 1 fully saturated rings. The Morgan fingerprint density at radius 2 is 2.00 bits per heavy atom. The number of benzene rings is 2. The highest BCUT2D eigenvalue weighted by Crippen LogP contribution is 2.22. The number of aryl methyl sites for hydroxylation is 1. The summed E-state index contributed by atoms with van der Waals surface area (Å²) in [5.74, 6) is -0.0446. The van der Waals surface area contributed by atoms with E-state index in [9.17, 15) is 14.0 Å². The van der Waals surface area contributed by atoms with Crippen molar-refractivity contribution < 1.29 is 14.0 Å². The van der Waals surface area contributed by atoms with Gasteiger partial charge in [0.05, 0.1) is 0 Å². The molecule has 0 radical (unpaired) electrons. The van der Waals surface area contributed by atoms with E-state index in [0.717, 1.165) is 24.8 Å². The van der Waals surface area contributed by atoms with E-state index in [-0.39, 0.29) is 17.8 Å². The molecule has 0 spiro atoms. The molecule has 1 aliphatic heterocycles. The van der Waals surface area contributed by atoms with Gasteiger partial charge in [-0.1, -0.05) is 30.3 Å². The van der Waals surface area contributed by atoms with Crippen LogP contribution < -0.4 is 10.6 Å². The maximum absolute atomic E-state index is 13.3. The molecule has 29 heavy (non-hydrogen) atoms. The molecule has 1 atom stereocenters. The molecular weight excluding hydrogens is 369 g/mol. The molecule has 1 unspecified atom stereocenters. The molecule has 1 heterocycles. The summed E-state index contributed by atoms with van der Waals surface area (Å²) < 4.78 is 13.3. The Balaban J connectivity index is 1.42. The van der Waals surface area contributed by atoms with E-state index in [1.807, 2.05) is 31.2 Å². The number of hydrogen-bond acceptors (Lipinski definition) is 2. The lowest BCUT2D eigenvalue weighted by Gasteiger charge is -2.32. The van der Waals surface area contributed by atoms with Gasteiger partial charge >= 0.3 is 6.03 Å². The predicted molar refractivity (Wildman–Crippen MR) is 112 cm³/mol. The van der Waals surface area contributed by atoms with Gasteiger partial charge in [0, 0.05) is 31.7 Å². The Morgan fingerprint density at radius 1 is 1.17 bits per heavy atom. The summed E-state index contributed by atoms with van der Waals surface area (Å²) in [5.41, 5.74) is 2.74.